The van der Waals surface area contributed by atoms with Gasteiger partial charge in [-0.3, -0.25) is 4.79 Å². The molecule has 2 aromatic carbocycles. The Morgan fingerprint density at radius 3 is 2.15 bits per heavy atom. The van der Waals surface area contributed by atoms with Crippen molar-refractivity contribution in [3.8, 4) is 5.75 Å². The predicted octanol–water partition coefficient (Wildman–Crippen LogP) is 3.99. The molecule has 5 heteroatoms. The molecule has 0 unspecified atom stereocenters. The van der Waals surface area contributed by atoms with Crippen molar-refractivity contribution < 1.29 is 19.1 Å². The molecule has 142 valence electrons. The lowest BCUT2D eigenvalue weighted by Crippen LogP contribution is -2.34. The van der Waals surface area contributed by atoms with Gasteiger partial charge in [0.25, 0.3) is 5.91 Å². The second kappa shape index (κ2) is 8.71. The Balaban J connectivity index is 1.77. The summed E-state index contributed by atoms with van der Waals surface area (Å²) >= 11 is 0. The molecule has 0 radical (unpaired) electrons. The second-order valence-electron chi connectivity index (χ2n) is 6.92. The van der Waals surface area contributed by atoms with Crippen molar-refractivity contribution in [2.75, 3.05) is 13.1 Å². The highest BCUT2D eigenvalue weighted by Gasteiger charge is 2.31. The molecule has 1 atom stereocenters. The van der Waals surface area contributed by atoms with Crippen LogP contribution in [0.25, 0.3) is 0 Å². The third-order valence-electron chi connectivity index (χ3n) is 4.43. The number of carbonyl (C=O) groups excluding carboxylic acids is 2. The number of nitrogens with zero attached hydrogens (tertiary/aromatic N) is 1. The maximum absolute atomic E-state index is 12.9. The number of amides is 1. The van der Waals surface area contributed by atoms with E-state index >= 15 is 0 Å². The number of esters is 1. The quantitative estimate of drug-likeness (QED) is 0.725. The summed E-state index contributed by atoms with van der Waals surface area (Å²) < 4.78 is 11.2. The van der Waals surface area contributed by atoms with E-state index in [-0.39, 0.29) is 12.0 Å². The Kier molecular flexibility index (Phi) is 6.12. The van der Waals surface area contributed by atoms with E-state index in [1.165, 1.54) is 0 Å². The Bertz CT molecular complexity index is 765. The van der Waals surface area contributed by atoms with Gasteiger partial charge in [-0.25, -0.2) is 4.79 Å². The third-order valence-corrected chi connectivity index (χ3v) is 4.43. The molecule has 1 aliphatic rings. The standard InChI is InChI=1S/C22H25NO4/c1-16(2)26-19-12-10-18(11-13-19)22(25)27-20(17-8-4-3-5-9-17)21(24)23-14-6-7-15-23/h3-5,8-13,16,20H,6-7,14-15H2,1-2H3/t20-/m1/s1. The first kappa shape index (κ1) is 19.0. The van der Waals surface area contributed by atoms with Crippen molar-refractivity contribution in [3.05, 3.63) is 65.7 Å². The minimum Gasteiger partial charge on any atom is -0.491 e. The molecule has 1 amide bonds. The molecule has 27 heavy (non-hydrogen) atoms. The smallest absolute Gasteiger partial charge is 0.339 e. The van der Waals surface area contributed by atoms with Crippen LogP contribution in [0.15, 0.2) is 54.6 Å². The lowest BCUT2D eigenvalue weighted by Gasteiger charge is -2.23. The molecular formula is C22H25NO4. The van der Waals surface area contributed by atoms with E-state index < -0.39 is 12.1 Å². The van der Waals surface area contributed by atoms with Gasteiger partial charge >= 0.3 is 5.97 Å². The van der Waals surface area contributed by atoms with Gasteiger partial charge in [-0.1, -0.05) is 30.3 Å². The number of ether oxygens (including phenoxy) is 2. The summed E-state index contributed by atoms with van der Waals surface area (Å²) in [6.07, 6.45) is 1.10. The van der Waals surface area contributed by atoms with Crippen LogP contribution in [0.3, 0.4) is 0 Å². The summed E-state index contributed by atoms with van der Waals surface area (Å²) in [5, 5.41) is 0. The van der Waals surface area contributed by atoms with Crippen LogP contribution in [0.1, 0.15) is 48.7 Å². The van der Waals surface area contributed by atoms with Crippen LogP contribution in [0.5, 0.6) is 5.75 Å². The number of rotatable bonds is 6. The van der Waals surface area contributed by atoms with Gasteiger partial charge in [0, 0.05) is 18.7 Å². The van der Waals surface area contributed by atoms with Crippen LogP contribution in [0, 0.1) is 0 Å². The highest BCUT2D eigenvalue weighted by atomic mass is 16.5. The van der Waals surface area contributed by atoms with Crippen molar-refractivity contribution in [1.29, 1.82) is 0 Å². The first-order valence-corrected chi connectivity index (χ1v) is 9.36. The summed E-state index contributed by atoms with van der Waals surface area (Å²) in [7, 11) is 0. The summed E-state index contributed by atoms with van der Waals surface area (Å²) in [6.45, 7) is 5.30. The zero-order valence-corrected chi connectivity index (χ0v) is 15.8. The number of benzene rings is 2. The van der Waals surface area contributed by atoms with E-state index in [1.807, 2.05) is 44.2 Å². The van der Waals surface area contributed by atoms with Crippen LogP contribution in [-0.2, 0) is 9.53 Å². The van der Waals surface area contributed by atoms with E-state index in [9.17, 15) is 9.59 Å². The Morgan fingerprint density at radius 2 is 1.56 bits per heavy atom. The topological polar surface area (TPSA) is 55.8 Å². The Hall–Kier alpha value is -2.82. The maximum atomic E-state index is 12.9. The zero-order chi connectivity index (χ0) is 19.2. The average Bonchev–Trinajstić information content (AvgIpc) is 3.21. The van der Waals surface area contributed by atoms with Gasteiger partial charge in [0.05, 0.1) is 11.7 Å². The minimum atomic E-state index is -0.927. The van der Waals surface area contributed by atoms with Gasteiger partial charge < -0.3 is 14.4 Å². The first-order valence-electron chi connectivity index (χ1n) is 9.36. The van der Waals surface area contributed by atoms with Crippen LogP contribution in [-0.4, -0.2) is 36.0 Å². The number of hydrogen-bond acceptors (Lipinski definition) is 4. The Morgan fingerprint density at radius 1 is 0.926 bits per heavy atom. The molecule has 0 N–H and O–H groups in total. The predicted molar refractivity (Wildman–Crippen MR) is 103 cm³/mol. The van der Waals surface area contributed by atoms with Crippen molar-refractivity contribution in [2.24, 2.45) is 0 Å². The maximum Gasteiger partial charge on any atom is 0.339 e. The summed E-state index contributed by atoms with van der Waals surface area (Å²) in [4.78, 5) is 27.3. The molecule has 0 spiro atoms. The molecule has 1 saturated heterocycles. The zero-order valence-electron chi connectivity index (χ0n) is 15.8. The van der Waals surface area contributed by atoms with Crippen molar-refractivity contribution in [1.82, 2.24) is 4.90 Å². The third kappa shape index (κ3) is 4.88. The SMILES string of the molecule is CC(C)Oc1ccc(C(=O)O[C@@H](C(=O)N2CCCC2)c2ccccc2)cc1. The van der Waals surface area contributed by atoms with Crippen LogP contribution >= 0.6 is 0 Å². The minimum absolute atomic E-state index is 0.0587. The highest BCUT2D eigenvalue weighted by molar-refractivity contribution is 5.92. The summed E-state index contributed by atoms with van der Waals surface area (Å²) in [5.74, 6) is 0.00797. The molecule has 5 nitrogen and oxygen atoms in total. The molecular weight excluding hydrogens is 342 g/mol. The molecule has 0 bridgehead atoms. The summed E-state index contributed by atoms with van der Waals surface area (Å²) in [6, 6.07) is 15.9. The van der Waals surface area contributed by atoms with Gasteiger partial charge in [-0.15, -0.1) is 0 Å². The summed E-state index contributed by atoms with van der Waals surface area (Å²) in [5.41, 5.74) is 1.07. The van der Waals surface area contributed by atoms with E-state index in [0.717, 1.165) is 12.8 Å². The first-order chi connectivity index (χ1) is 13.0. The molecule has 0 aliphatic carbocycles. The lowest BCUT2D eigenvalue weighted by molar-refractivity contribution is -0.140. The van der Waals surface area contributed by atoms with Crippen LogP contribution < -0.4 is 4.74 Å². The molecule has 1 fully saturated rings. The molecule has 2 aromatic rings. The van der Waals surface area contributed by atoms with Gasteiger partial charge in [0.15, 0.2) is 0 Å². The van der Waals surface area contributed by atoms with Crippen molar-refractivity contribution in [2.45, 2.75) is 38.9 Å². The van der Waals surface area contributed by atoms with Gasteiger partial charge in [0.2, 0.25) is 6.10 Å². The Labute approximate surface area is 159 Å². The van der Waals surface area contributed by atoms with Crippen molar-refractivity contribution >= 4 is 11.9 Å². The van der Waals surface area contributed by atoms with E-state index in [4.69, 9.17) is 9.47 Å². The monoisotopic (exact) mass is 367 g/mol. The van der Waals surface area contributed by atoms with Crippen LogP contribution in [0.2, 0.25) is 0 Å². The van der Waals surface area contributed by atoms with Crippen molar-refractivity contribution in [3.63, 3.8) is 0 Å². The van der Waals surface area contributed by atoms with E-state index in [1.54, 1.807) is 29.2 Å². The molecule has 0 aromatic heterocycles. The van der Waals surface area contributed by atoms with Crippen LogP contribution in [0.4, 0.5) is 0 Å². The van der Waals surface area contributed by atoms with E-state index in [0.29, 0.717) is 30.0 Å². The normalized spacial score (nSPS) is 14.9. The average molecular weight is 367 g/mol. The molecule has 3 rings (SSSR count). The fourth-order valence-corrected chi connectivity index (χ4v) is 3.11. The molecule has 1 aliphatic heterocycles. The number of carbonyl (C=O) groups is 2. The fourth-order valence-electron chi connectivity index (χ4n) is 3.11. The largest absolute Gasteiger partial charge is 0.491 e. The fraction of sp³-hybridized carbons (Fsp3) is 0.364. The van der Waals surface area contributed by atoms with Gasteiger partial charge in [0.1, 0.15) is 5.75 Å². The van der Waals surface area contributed by atoms with Gasteiger partial charge in [-0.05, 0) is 51.0 Å². The van der Waals surface area contributed by atoms with Gasteiger partial charge in [-0.2, -0.15) is 0 Å². The number of likely N-dealkylation sites (tertiary alicyclic amines) is 1. The highest BCUT2D eigenvalue weighted by Crippen LogP contribution is 2.24. The second-order valence-corrected chi connectivity index (χ2v) is 6.92. The molecule has 1 heterocycles. The molecule has 0 saturated carbocycles. The lowest BCUT2D eigenvalue weighted by atomic mass is 10.1. The number of hydrogen-bond donors (Lipinski definition) is 0. The van der Waals surface area contributed by atoms with E-state index in [2.05, 4.69) is 0 Å².